The second kappa shape index (κ2) is 5.01. The van der Waals surface area contributed by atoms with Gasteiger partial charge in [-0.05, 0) is 42.3 Å². The van der Waals surface area contributed by atoms with Gasteiger partial charge in [0, 0.05) is 30.2 Å². The lowest BCUT2D eigenvalue weighted by Gasteiger charge is -2.36. The lowest BCUT2D eigenvalue weighted by atomic mass is 9.79. The van der Waals surface area contributed by atoms with E-state index in [4.69, 9.17) is 4.74 Å². The molecule has 2 aromatic rings. The number of rotatable bonds is 1. The van der Waals surface area contributed by atoms with Crippen LogP contribution in [0.2, 0.25) is 0 Å². The Balaban J connectivity index is 1.83. The summed E-state index contributed by atoms with van der Waals surface area (Å²) in [4.78, 5) is 12.1. The second-order valence-electron chi connectivity index (χ2n) is 6.53. The maximum atomic E-state index is 12.1. The molecule has 2 aromatic carbocycles. The van der Waals surface area contributed by atoms with Crippen molar-refractivity contribution in [2.24, 2.45) is 5.92 Å². The van der Waals surface area contributed by atoms with Crippen molar-refractivity contribution in [2.45, 2.75) is 31.8 Å². The number of aromatic hydroxyl groups is 2. The van der Waals surface area contributed by atoms with Crippen LogP contribution >= 0.6 is 0 Å². The Morgan fingerprint density at radius 2 is 1.78 bits per heavy atom. The molecule has 2 N–H and O–H groups in total. The first kappa shape index (κ1) is 14.1. The number of carbonyl (C=O) groups is 1. The van der Waals surface area contributed by atoms with Crippen LogP contribution in [0.5, 0.6) is 17.2 Å². The normalized spacial score (nSPS) is 25.6. The molecular formula is C19H18O4. The van der Waals surface area contributed by atoms with E-state index in [0.717, 1.165) is 22.4 Å². The summed E-state index contributed by atoms with van der Waals surface area (Å²) in [6.07, 6.45) is 0.783. The first-order valence-electron chi connectivity index (χ1n) is 7.83. The highest BCUT2D eigenvalue weighted by Crippen LogP contribution is 2.54. The van der Waals surface area contributed by atoms with Crippen LogP contribution in [-0.2, 0) is 4.79 Å². The number of phenols is 2. The van der Waals surface area contributed by atoms with Gasteiger partial charge in [-0.25, -0.2) is 0 Å². The first-order chi connectivity index (χ1) is 11.0. The van der Waals surface area contributed by atoms with E-state index in [1.807, 2.05) is 19.1 Å². The van der Waals surface area contributed by atoms with Crippen LogP contribution in [0.4, 0.5) is 0 Å². The number of hydrogen-bond acceptors (Lipinski definition) is 4. The van der Waals surface area contributed by atoms with Gasteiger partial charge in [-0.15, -0.1) is 0 Å². The fourth-order valence-electron chi connectivity index (χ4n) is 3.96. The molecule has 4 nitrogen and oxygen atoms in total. The van der Waals surface area contributed by atoms with Gasteiger partial charge in [-0.3, -0.25) is 4.79 Å². The zero-order valence-corrected chi connectivity index (χ0v) is 12.8. The van der Waals surface area contributed by atoms with Gasteiger partial charge in [0.25, 0.3) is 0 Å². The molecule has 3 atom stereocenters. The zero-order valence-electron chi connectivity index (χ0n) is 12.8. The molecule has 1 aliphatic heterocycles. The molecule has 0 amide bonds. The van der Waals surface area contributed by atoms with Crippen molar-refractivity contribution in [1.29, 1.82) is 0 Å². The molecule has 1 unspecified atom stereocenters. The third-order valence-corrected chi connectivity index (χ3v) is 4.97. The highest BCUT2D eigenvalue weighted by molar-refractivity contribution is 5.83. The summed E-state index contributed by atoms with van der Waals surface area (Å²) in [5.41, 5.74) is 2.78. The third-order valence-electron chi connectivity index (χ3n) is 4.97. The minimum Gasteiger partial charge on any atom is -0.508 e. The zero-order chi connectivity index (χ0) is 16.1. The van der Waals surface area contributed by atoms with Crippen LogP contribution in [0, 0.1) is 12.8 Å². The number of ether oxygens (including phenoxy) is 1. The van der Waals surface area contributed by atoms with Crippen molar-refractivity contribution >= 4 is 5.78 Å². The van der Waals surface area contributed by atoms with Crippen LogP contribution in [0.1, 0.15) is 41.6 Å². The summed E-state index contributed by atoms with van der Waals surface area (Å²) in [7, 11) is 0. The number of Topliss-reactive ketones (excluding diaryl/α,β-unsaturated/α-hetero) is 1. The predicted molar refractivity (Wildman–Crippen MR) is 84.8 cm³/mol. The minimum absolute atomic E-state index is 0.0701. The van der Waals surface area contributed by atoms with Crippen LogP contribution in [0.25, 0.3) is 0 Å². The molecule has 1 heterocycles. The van der Waals surface area contributed by atoms with E-state index in [1.165, 1.54) is 0 Å². The molecule has 0 saturated heterocycles. The summed E-state index contributed by atoms with van der Waals surface area (Å²) in [6, 6.07) is 10.4. The number of hydrogen-bond donors (Lipinski definition) is 2. The smallest absolute Gasteiger partial charge is 0.133 e. The van der Waals surface area contributed by atoms with E-state index in [0.29, 0.717) is 12.8 Å². The number of carbonyl (C=O) groups excluding carboxylic acids is 1. The lowest BCUT2D eigenvalue weighted by molar-refractivity contribution is -0.117. The number of aryl methyl sites for hydroxylation is 1. The fraction of sp³-hybridized carbons (Fsp3) is 0.316. The van der Waals surface area contributed by atoms with E-state index in [9.17, 15) is 15.0 Å². The summed E-state index contributed by atoms with van der Waals surface area (Å²) in [5, 5.41) is 19.4. The molecule has 23 heavy (non-hydrogen) atoms. The maximum absolute atomic E-state index is 12.1. The molecule has 4 rings (SSSR count). The number of phenolic OH excluding ortho intramolecular Hbond substituents is 2. The van der Waals surface area contributed by atoms with E-state index < -0.39 is 0 Å². The number of ketones is 1. The summed E-state index contributed by atoms with van der Waals surface area (Å²) in [6.45, 7) is 1.91. The van der Waals surface area contributed by atoms with Gasteiger partial charge in [-0.2, -0.15) is 0 Å². The average molecular weight is 310 g/mol. The quantitative estimate of drug-likeness (QED) is 0.844. The van der Waals surface area contributed by atoms with Gasteiger partial charge >= 0.3 is 0 Å². The molecule has 2 aliphatic rings. The van der Waals surface area contributed by atoms with Gasteiger partial charge in [0.15, 0.2) is 0 Å². The van der Waals surface area contributed by atoms with Gasteiger partial charge in [0.2, 0.25) is 0 Å². The van der Waals surface area contributed by atoms with Gasteiger partial charge in [0.05, 0.1) is 0 Å². The topological polar surface area (TPSA) is 66.8 Å². The lowest BCUT2D eigenvalue weighted by Crippen LogP contribution is -2.27. The Hall–Kier alpha value is -2.49. The van der Waals surface area contributed by atoms with Gasteiger partial charge in [-0.1, -0.05) is 12.1 Å². The molecule has 4 heteroatoms. The Bertz CT molecular complexity index is 779. The molecule has 0 aromatic heterocycles. The van der Waals surface area contributed by atoms with Crippen LogP contribution in [-0.4, -0.2) is 16.0 Å². The van der Waals surface area contributed by atoms with Crippen LogP contribution in [0.3, 0.4) is 0 Å². The third kappa shape index (κ3) is 2.25. The predicted octanol–water partition coefficient (Wildman–Crippen LogP) is 3.60. The number of fused-ring (bicyclic) bond motifs is 3. The van der Waals surface area contributed by atoms with E-state index in [-0.39, 0.29) is 35.2 Å². The SMILES string of the molecule is Cc1cc(O)cc2c1OC(c1ccc(O)cc1)[C@H]1CC(=O)C[C@@H]21. The minimum atomic E-state index is -0.206. The molecular weight excluding hydrogens is 292 g/mol. The van der Waals surface area contributed by atoms with E-state index in [2.05, 4.69) is 0 Å². The van der Waals surface area contributed by atoms with Crippen molar-refractivity contribution in [3.05, 3.63) is 53.1 Å². The van der Waals surface area contributed by atoms with Crippen molar-refractivity contribution in [3.8, 4) is 17.2 Å². The molecule has 0 radical (unpaired) electrons. The highest BCUT2D eigenvalue weighted by atomic mass is 16.5. The molecule has 0 spiro atoms. The highest BCUT2D eigenvalue weighted by Gasteiger charge is 2.45. The summed E-state index contributed by atoms with van der Waals surface area (Å²) >= 11 is 0. The Morgan fingerprint density at radius 1 is 1.04 bits per heavy atom. The molecule has 0 bridgehead atoms. The van der Waals surface area contributed by atoms with Crippen LogP contribution < -0.4 is 4.74 Å². The number of benzene rings is 2. The van der Waals surface area contributed by atoms with Crippen molar-refractivity contribution in [2.75, 3.05) is 0 Å². The van der Waals surface area contributed by atoms with Crippen molar-refractivity contribution < 1.29 is 19.7 Å². The Morgan fingerprint density at radius 3 is 2.52 bits per heavy atom. The van der Waals surface area contributed by atoms with Crippen molar-refractivity contribution in [3.63, 3.8) is 0 Å². The van der Waals surface area contributed by atoms with Gasteiger partial charge < -0.3 is 14.9 Å². The molecule has 1 saturated carbocycles. The molecule has 1 fully saturated rings. The Labute approximate surface area is 134 Å². The van der Waals surface area contributed by atoms with Gasteiger partial charge in [0.1, 0.15) is 29.1 Å². The Kier molecular flexibility index (Phi) is 3.08. The van der Waals surface area contributed by atoms with E-state index in [1.54, 1.807) is 24.3 Å². The summed E-state index contributed by atoms with van der Waals surface area (Å²) < 4.78 is 6.26. The molecule has 1 aliphatic carbocycles. The second-order valence-corrected chi connectivity index (χ2v) is 6.53. The standard InChI is InChI=1S/C19H18O4/c1-10-6-13(21)8-16-15-7-14(22)9-17(15)19(23-18(10)16)11-2-4-12(20)5-3-11/h2-6,8,15,17,19-21H,7,9H2,1H3/t15-,17-,19?/m0/s1. The fourth-order valence-corrected chi connectivity index (χ4v) is 3.96. The monoisotopic (exact) mass is 310 g/mol. The average Bonchev–Trinajstić information content (AvgIpc) is 2.89. The van der Waals surface area contributed by atoms with Crippen molar-refractivity contribution in [1.82, 2.24) is 0 Å². The van der Waals surface area contributed by atoms with Crippen LogP contribution in [0.15, 0.2) is 36.4 Å². The summed E-state index contributed by atoms with van der Waals surface area (Å²) in [5.74, 6) is 1.59. The van der Waals surface area contributed by atoms with E-state index >= 15 is 0 Å². The maximum Gasteiger partial charge on any atom is 0.133 e. The largest absolute Gasteiger partial charge is 0.508 e. The first-order valence-corrected chi connectivity index (χ1v) is 7.83. The molecule has 118 valence electrons.